The van der Waals surface area contributed by atoms with E-state index < -0.39 is 5.54 Å². The maximum absolute atomic E-state index is 6.30. The summed E-state index contributed by atoms with van der Waals surface area (Å²) in [7, 11) is 0. The predicted molar refractivity (Wildman–Crippen MR) is 155 cm³/mol. The summed E-state index contributed by atoms with van der Waals surface area (Å²) >= 11 is 6.30. The molecule has 5 aromatic carbocycles. The SMILES string of the molecule is Cc1ccc(N=C2N(c3ccc(Cl)cc3)N(c3ccccc3)C2(c2ccccc2)c2ccccc2)cc1. The minimum Gasteiger partial charge on any atom is -0.257 e. The Bertz CT molecular complexity index is 1470. The fourth-order valence-electron chi connectivity index (χ4n) is 5.04. The van der Waals surface area contributed by atoms with E-state index in [2.05, 4.69) is 126 Å². The number of halogens is 1. The van der Waals surface area contributed by atoms with Gasteiger partial charge in [-0.05, 0) is 66.6 Å². The van der Waals surface area contributed by atoms with E-state index in [0.29, 0.717) is 5.02 Å². The predicted octanol–water partition coefficient (Wildman–Crippen LogP) is 8.56. The number of rotatable bonds is 5. The monoisotopic (exact) mass is 499 g/mol. The van der Waals surface area contributed by atoms with Crippen LogP contribution < -0.4 is 10.0 Å². The molecule has 1 aliphatic heterocycles. The normalized spacial score (nSPS) is 15.5. The highest BCUT2D eigenvalue weighted by Gasteiger charge is 2.60. The van der Waals surface area contributed by atoms with Crippen LogP contribution in [0, 0.1) is 6.92 Å². The molecule has 0 radical (unpaired) electrons. The van der Waals surface area contributed by atoms with Crippen molar-refractivity contribution in [3.8, 4) is 0 Å². The molecule has 37 heavy (non-hydrogen) atoms. The van der Waals surface area contributed by atoms with Gasteiger partial charge in [-0.15, -0.1) is 0 Å². The van der Waals surface area contributed by atoms with Crippen LogP contribution in [-0.4, -0.2) is 5.84 Å². The van der Waals surface area contributed by atoms with Gasteiger partial charge in [0.2, 0.25) is 0 Å². The highest BCUT2D eigenvalue weighted by molar-refractivity contribution is 6.30. The molecule has 0 aliphatic carbocycles. The molecule has 180 valence electrons. The summed E-state index contributed by atoms with van der Waals surface area (Å²) in [5, 5.41) is 5.24. The molecule has 0 aromatic heterocycles. The van der Waals surface area contributed by atoms with Gasteiger partial charge in [0.15, 0.2) is 11.4 Å². The van der Waals surface area contributed by atoms with Gasteiger partial charge < -0.3 is 0 Å². The third-order valence-corrected chi connectivity index (χ3v) is 7.02. The molecule has 0 atom stereocenters. The van der Waals surface area contributed by atoms with E-state index in [1.54, 1.807) is 0 Å². The third kappa shape index (κ3) is 3.98. The van der Waals surface area contributed by atoms with Crippen LogP contribution in [0.1, 0.15) is 16.7 Å². The quantitative estimate of drug-likeness (QED) is 0.241. The molecule has 1 heterocycles. The second-order valence-electron chi connectivity index (χ2n) is 9.15. The summed E-state index contributed by atoms with van der Waals surface area (Å²) in [5.41, 5.74) is 5.78. The van der Waals surface area contributed by atoms with E-state index in [1.807, 2.05) is 30.3 Å². The number of hydrogen-bond donors (Lipinski definition) is 0. The summed E-state index contributed by atoms with van der Waals surface area (Å²) < 4.78 is 0. The van der Waals surface area contributed by atoms with Gasteiger partial charge in [-0.3, -0.25) is 5.01 Å². The minimum atomic E-state index is -0.658. The first kappa shape index (κ1) is 23.1. The van der Waals surface area contributed by atoms with E-state index in [0.717, 1.165) is 34.0 Å². The lowest BCUT2D eigenvalue weighted by molar-refractivity contribution is 0.535. The van der Waals surface area contributed by atoms with E-state index in [-0.39, 0.29) is 0 Å². The average Bonchev–Trinajstić information content (AvgIpc) is 2.95. The number of nitrogens with zero attached hydrogens (tertiary/aromatic N) is 3. The lowest BCUT2D eigenvalue weighted by Gasteiger charge is -2.62. The molecule has 6 rings (SSSR count). The van der Waals surface area contributed by atoms with Crippen LogP contribution in [0.5, 0.6) is 0 Å². The van der Waals surface area contributed by atoms with Gasteiger partial charge >= 0.3 is 0 Å². The largest absolute Gasteiger partial charge is 0.257 e. The van der Waals surface area contributed by atoms with Crippen molar-refractivity contribution in [1.82, 2.24) is 0 Å². The molecule has 0 N–H and O–H groups in total. The van der Waals surface area contributed by atoms with E-state index >= 15 is 0 Å². The molecule has 3 nitrogen and oxygen atoms in total. The van der Waals surface area contributed by atoms with Crippen molar-refractivity contribution in [2.75, 3.05) is 10.0 Å². The first-order valence-electron chi connectivity index (χ1n) is 12.4. The van der Waals surface area contributed by atoms with Crippen LogP contribution in [0.15, 0.2) is 145 Å². The van der Waals surface area contributed by atoms with E-state index in [1.165, 1.54) is 5.56 Å². The topological polar surface area (TPSA) is 18.8 Å². The Hall–Kier alpha value is -4.34. The van der Waals surface area contributed by atoms with E-state index in [9.17, 15) is 0 Å². The molecule has 0 unspecified atom stereocenters. The van der Waals surface area contributed by atoms with Gasteiger partial charge in [-0.25, -0.2) is 10.0 Å². The number of benzene rings is 5. The second-order valence-corrected chi connectivity index (χ2v) is 9.59. The maximum Gasteiger partial charge on any atom is 0.171 e. The molecule has 1 aliphatic rings. The van der Waals surface area contributed by atoms with Crippen molar-refractivity contribution in [1.29, 1.82) is 0 Å². The Morgan fingerprint density at radius 3 is 1.62 bits per heavy atom. The summed E-state index contributed by atoms with van der Waals surface area (Å²) in [6, 6.07) is 48.0. The van der Waals surface area contributed by atoms with Crippen LogP contribution in [0.25, 0.3) is 0 Å². The number of hydrogen-bond acceptors (Lipinski definition) is 2. The van der Waals surface area contributed by atoms with E-state index in [4.69, 9.17) is 16.6 Å². The second kappa shape index (κ2) is 9.61. The van der Waals surface area contributed by atoms with Crippen molar-refractivity contribution in [2.45, 2.75) is 12.5 Å². The molecular formula is C33H26ClN3. The van der Waals surface area contributed by atoms with Gasteiger partial charge in [-0.1, -0.05) is 108 Å². The first-order chi connectivity index (χ1) is 18.2. The third-order valence-electron chi connectivity index (χ3n) is 6.77. The van der Waals surface area contributed by atoms with Crippen LogP contribution >= 0.6 is 11.6 Å². The fourth-order valence-corrected chi connectivity index (χ4v) is 5.17. The van der Waals surface area contributed by atoms with Gasteiger partial charge in [0, 0.05) is 5.02 Å². The zero-order valence-electron chi connectivity index (χ0n) is 20.5. The number of aryl methyl sites for hydroxylation is 1. The molecule has 5 aromatic rings. The summed E-state index contributed by atoms with van der Waals surface area (Å²) in [6.45, 7) is 2.09. The zero-order valence-corrected chi connectivity index (χ0v) is 21.3. The number of hydrazine groups is 1. The fraction of sp³-hybridized carbons (Fsp3) is 0.0606. The van der Waals surface area contributed by atoms with Gasteiger partial charge in [0.1, 0.15) is 0 Å². The number of para-hydroxylation sites is 1. The molecule has 0 bridgehead atoms. The Balaban J connectivity index is 1.69. The van der Waals surface area contributed by atoms with Crippen molar-refractivity contribution in [3.05, 3.63) is 161 Å². The smallest absolute Gasteiger partial charge is 0.171 e. The highest BCUT2D eigenvalue weighted by atomic mass is 35.5. The average molecular weight is 500 g/mol. The standard InChI is InChI=1S/C33H26ClN3/c1-25-17-21-29(22-18-25)35-32-33(26-11-5-2-6-12-26,27-13-7-3-8-14-27)37(31-15-9-4-10-16-31)36(32)30-23-19-28(34)20-24-30/h2-24H,1H3. The van der Waals surface area contributed by atoms with Crippen molar-refractivity contribution >= 4 is 34.5 Å². The molecule has 0 saturated carbocycles. The highest BCUT2D eigenvalue weighted by Crippen LogP contribution is 2.52. The van der Waals surface area contributed by atoms with Crippen molar-refractivity contribution in [2.24, 2.45) is 4.99 Å². The molecule has 0 amide bonds. The molecular weight excluding hydrogens is 474 g/mol. The van der Waals surface area contributed by atoms with Crippen molar-refractivity contribution in [3.63, 3.8) is 0 Å². The summed E-state index contributed by atoms with van der Waals surface area (Å²) in [6.07, 6.45) is 0. The van der Waals surface area contributed by atoms with Crippen LogP contribution in [0.2, 0.25) is 5.02 Å². The van der Waals surface area contributed by atoms with Gasteiger partial charge in [0.05, 0.1) is 17.1 Å². The number of amidine groups is 1. The first-order valence-corrected chi connectivity index (χ1v) is 12.7. The zero-order chi connectivity index (χ0) is 25.2. The summed E-state index contributed by atoms with van der Waals surface area (Å²) in [5.74, 6) is 0.917. The minimum absolute atomic E-state index is 0.658. The lowest BCUT2D eigenvalue weighted by atomic mass is 9.76. The van der Waals surface area contributed by atoms with Crippen LogP contribution in [0.4, 0.5) is 17.1 Å². The molecule has 1 saturated heterocycles. The van der Waals surface area contributed by atoms with Gasteiger partial charge in [0.25, 0.3) is 0 Å². The van der Waals surface area contributed by atoms with Crippen molar-refractivity contribution < 1.29 is 0 Å². The number of anilines is 2. The van der Waals surface area contributed by atoms with Crippen LogP contribution in [0.3, 0.4) is 0 Å². The van der Waals surface area contributed by atoms with Crippen LogP contribution in [-0.2, 0) is 5.54 Å². The Morgan fingerprint density at radius 2 is 1.08 bits per heavy atom. The van der Waals surface area contributed by atoms with Gasteiger partial charge in [-0.2, -0.15) is 0 Å². The Labute approximate surface area is 222 Å². The Morgan fingerprint density at radius 1 is 0.568 bits per heavy atom. The summed E-state index contributed by atoms with van der Waals surface area (Å²) in [4.78, 5) is 5.34. The molecule has 0 spiro atoms. The molecule has 1 fully saturated rings. The number of aliphatic imine (C=N–C) groups is 1. The Kier molecular flexibility index (Phi) is 5.99. The lowest BCUT2D eigenvalue weighted by Crippen LogP contribution is -2.77. The maximum atomic E-state index is 6.30. The molecule has 4 heteroatoms.